The Bertz CT molecular complexity index is 504. The van der Waals surface area contributed by atoms with Gasteiger partial charge in [-0.15, -0.1) is 0 Å². The summed E-state index contributed by atoms with van der Waals surface area (Å²) in [5.41, 5.74) is 6.96. The van der Waals surface area contributed by atoms with Crippen molar-refractivity contribution < 1.29 is 14.3 Å². The van der Waals surface area contributed by atoms with Crippen LogP contribution in [0.25, 0.3) is 0 Å². The van der Waals surface area contributed by atoms with Crippen molar-refractivity contribution in [2.45, 2.75) is 38.3 Å². The van der Waals surface area contributed by atoms with Crippen LogP contribution in [0.5, 0.6) is 11.5 Å². The average Bonchev–Trinajstić information content (AvgIpc) is 2.92. The summed E-state index contributed by atoms with van der Waals surface area (Å²) in [6, 6.07) is 5.56. The summed E-state index contributed by atoms with van der Waals surface area (Å²) in [5, 5.41) is 3.04. The van der Waals surface area contributed by atoms with Crippen LogP contribution in [0.1, 0.15) is 37.8 Å². The fourth-order valence-corrected chi connectivity index (χ4v) is 2.84. The molecule has 3 unspecified atom stereocenters. The zero-order valence-electron chi connectivity index (χ0n) is 12.9. The van der Waals surface area contributed by atoms with E-state index in [1.54, 1.807) is 14.2 Å². The first-order valence-corrected chi connectivity index (χ1v) is 7.34. The molecule has 1 fully saturated rings. The van der Waals surface area contributed by atoms with Gasteiger partial charge in [-0.2, -0.15) is 0 Å². The predicted molar refractivity (Wildman–Crippen MR) is 81.4 cm³/mol. The highest BCUT2D eigenvalue weighted by Crippen LogP contribution is 2.30. The normalized spacial score (nSPS) is 22.7. The highest BCUT2D eigenvalue weighted by atomic mass is 16.5. The smallest absolute Gasteiger partial charge is 0.225 e. The fourth-order valence-electron chi connectivity index (χ4n) is 2.84. The van der Waals surface area contributed by atoms with E-state index in [0.717, 1.165) is 24.8 Å². The Kier molecular flexibility index (Phi) is 5.07. The van der Waals surface area contributed by atoms with Crippen LogP contribution in [0.4, 0.5) is 0 Å². The van der Waals surface area contributed by atoms with Crippen LogP contribution in [0, 0.1) is 5.92 Å². The van der Waals surface area contributed by atoms with Crippen molar-refractivity contribution >= 4 is 5.91 Å². The van der Waals surface area contributed by atoms with E-state index in [2.05, 4.69) is 5.32 Å². The molecule has 1 aliphatic rings. The van der Waals surface area contributed by atoms with Crippen molar-refractivity contribution in [3.63, 3.8) is 0 Å². The summed E-state index contributed by atoms with van der Waals surface area (Å²) < 4.78 is 10.5. The second-order valence-electron chi connectivity index (χ2n) is 5.55. The zero-order chi connectivity index (χ0) is 15.4. The molecule has 116 valence electrons. The molecule has 1 saturated carbocycles. The minimum atomic E-state index is -0.0925. The van der Waals surface area contributed by atoms with Crippen LogP contribution in [0.2, 0.25) is 0 Å². The van der Waals surface area contributed by atoms with Crippen molar-refractivity contribution in [2.75, 3.05) is 14.2 Å². The third-order valence-electron chi connectivity index (χ3n) is 4.17. The molecule has 1 aliphatic carbocycles. The second kappa shape index (κ2) is 6.80. The number of hydrogen-bond acceptors (Lipinski definition) is 4. The van der Waals surface area contributed by atoms with E-state index in [-0.39, 0.29) is 23.9 Å². The standard InChI is InChI=1S/C16H24N2O3/c1-10(18-16(19)12-5-4-6-13(12)17)11-7-8-14(20-2)15(9-11)21-3/h7-10,12-13H,4-6,17H2,1-3H3,(H,18,19). The Labute approximate surface area is 125 Å². The molecule has 0 aromatic heterocycles. The lowest BCUT2D eigenvalue weighted by Gasteiger charge is -2.20. The molecule has 1 amide bonds. The van der Waals surface area contributed by atoms with Crippen molar-refractivity contribution in [3.8, 4) is 11.5 Å². The summed E-state index contributed by atoms with van der Waals surface area (Å²) in [5.74, 6) is 1.32. The number of amides is 1. The molecule has 5 heteroatoms. The molecule has 0 aliphatic heterocycles. The fraction of sp³-hybridized carbons (Fsp3) is 0.562. The SMILES string of the molecule is COc1ccc(C(C)NC(=O)C2CCCC2N)cc1OC. The summed E-state index contributed by atoms with van der Waals surface area (Å²) in [7, 11) is 3.20. The van der Waals surface area contributed by atoms with Gasteiger partial charge in [-0.05, 0) is 37.5 Å². The number of carbonyl (C=O) groups excluding carboxylic acids is 1. The van der Waals surface area contributed by atoms with Gasteiger partial charge in [0.05, 0.1) is 26.2 Å². The number of ether oxygens (including phenoxy) is 2. The minimum Gasteiger partial charge on any atom is -0.493 e. The molecule has 5 nitrogen and oxygen atoms in total. The van der Waals surface area contributed by atoms with Gasteiger partial charge in [0.1, 0.15) is 0 Å². The van der Waals surface area contributed by atoms with Gasteiger partial charge in [-0.3, -0.25) is 4.79 Å². The Hall–Kier alpha value is -1.75. The number of nitrogens with one attached hydrogen (secondary N) is 1. The van der Waals surface area contributed by atoms with Gasteiger partial charge in [-0.25, -0.2) is 0 Å². The average molecular weight is 292 g/mol. The van der Waals surface area contributed by atoms with Crippen LogP contribution in [0.15, 0.2) is 18.2 Å². The van der Waals surface area contributed by atoms with E-state index >= 15 is 0 Å². The van der Waals surface area contributed by atoms with Gasteiger partial charge < -0.3 is 20.5 Å². The maximum atomic E-state index is 12.3. The van der Waals surface area contributed by atoms with Gasteiger partial charge in [-0.1, -0.05) is 12.5 Å². The van der Waals surface area contributed by atoms with Crippen molar-refractivity contribution in [3.05, 3.63) is 23.8 Å². The Morgan fingerprint density at radius 1 is 1.29 bits per heavy atom. The third-order valence-corrected chi connectivity index (χ3v) is 4.17. The second-order valence-corrected chi connectivity index (χ2v) is 5.55. The summed E-state index contributed by atoms with van der Waals surface area (Å²) >= 11 is 0. The maximum absolute atomic E-state index is 12.3. The van der Waals surface area contributed by atoms with Crippen LogP contribution in [0.3, 0.4) is 0 Å². The monoisotopic (exact) mass is 292 g/mol. The largest absolute Gasteiger partial charge is 0.493 e. The minimum absolute atomic E-state index is 0.0115. The number of nitrogens with two attached hydrogens (primary N) is 1. The molecule has 1 aromatic rings. The molecule has 0 radical (unpaired) electrons. The lowest BCUT2D eigenvalue weighted by atomic mass is 10.0. The Balaban J connectivity index is 2.06. The van der Waals surface area contributed by atoms with E-state index in [4.69, 9.17) is 15.2 Å². The maximum Gasteiger partial charge on any atom is 0.225 e. The molecule has 21 heavy (non-hydrogen) atoms. The number of hydrogen-bond donors (Lipinski definition) is 2. The molecule has 3 N–H and O–H groups in total. The van der Waals surface area contributed by atoms with Crippen molar-refractivity contribution in [2.24, 2.45) is 11.7 Å². The van der Waals surface area contributed by atoms with Crippen molar-refractivity contribution in [1.29, 1.82) is 0 Å². The molecular formula is C16H24N2O3. The van der Waals surface area contributed by atoms with E-state index in [1.807, 2.05) is 25.1 Å². The number of rotatable bonds is 5. The number of carbonyl (C=O) groups is 1. The van der Waals surface area contributed by atoms with E-state index in [9.17, 15) is 4.79 Å². The van der Waals surface area contributed by atoms with Gasteiger partial charge >= 0.3 is 0 Å². The molecule has 3 atom stereocenters. The summed E-state index contributed by atoms with van der Waals surface area (Å²) in [6.07, 6.45) is 2.85. The quantitative estimate of drug-likeness (QED) is 0.870. The van der Waals surface area contributed by atoms with Crippen LogP contribution in [-0.4, -0.2) is 26.2 Å². The van der Waals surface area contributed by atoms with Crippen molar-refractivity contribution in [1.82, 2.24) is 5.32 Å². The van der Waals surface area contributed by atoms with Crippen LogP contribution in [-0.2, 0) is 4.79 Å². The zero-order valence-corrected chi connectivity index (χ0v) is 12.9. The van der Waals surface area contributed by atoms with Crippen LogP contribution < -0.4 is 20.5 Å². The molecule has 0 heterocycles. The molecule has 1 aromatic carbocycles. The summed E-state index contributed by atoms with van der Waals surface area (Å²) in [6.45, 7) is 1.96. The predicted octanol–water partition coefficient (Wildman–Crippen LogP) is 2.01. The first kappa shape index (κ1) is 15.6. The van der Waals surface area contributed by atoms with Gasteiger partial charge in [0.25, 0.3) is 0 Å². The molecule has 0 saturated heterocycles. The first-order chi connectivity index (χ1) is 10.1. The van der Waals surface area contributed by atoms with Gasteiger partial charge in [0, 0.05) is 6.04 Å². The van der Waals surface area contributed by atoms with Gasteiger partial charge in [0.15, 0.2) is 11.5 Å². The Morgan fingerprint density at radius 2 is 2.00 bits per heavy atom. The third kappa shape index (κ3) is 3.47. The number of benzene rings is 1. The summed E-state index contributed by atoms with van der Waals surface area (Å²) in [4.78, 5) is 12.3. The lowest BCUT2D eigenvalue weighted by molar-refractivity contribution is -0.125. The highest BCUT2D eigenvalue weighted by Gasteiger charge is 2.30. The first-order valence-electron chi connectivity index (χ1n) is 7.34. The highest BCUT2D eigenvalue weighted by molar-refractivity contribution is 5.80. The Morgan fingerprint density at radius 3 is 2.57 bits per heavy atom. The number of methoxy groups -OCH3 is 2. The topological polar surface area (TPSA) is 73.6 Å². The van der Waals surface area contributed by atoms with Crippen LogP contribution >= 0.6 is 0 Å². The van der Waals surface area contributed by atoms with E-state index in [0.29, 0.717) is 11.5 Å². The molecule has 2 rings (SSSR count). The van der Waals surface area contributed by atoms with Gasteiger partial charge in [0.2, 0.25) is 5.91 Å². The van der Waals surface area contributed by atoms with E-state index in [1.165, 1.54) is 0 Å². The van der Waals surface area contributed by atoms with E-state index < -0.39 is 0 Å². The molecular weight excluding hydrogens is 268 g/mol. The lowest BCUT2D eigenvalue weighted by Crippen LogP contribution is -2.39. The molecule has 0 bridgehead atoms. The molecule has 0 spiro atoms.